The lowest BCUT2D eigenvalue weighted by molar-refractivity contribution is -0.135. The minimum absolute atomic E-state index is 0.0227. The number of nitrogens with zero attached hydrogens (tertiary/aromatic N) is 2. The van der Waals surface area contributed by atoms with Crippen LogP contribution in [0.3, 0.4) is 0 Å². The average molecular weight is 494 g/mol. The molecule has 1 atom stereocenters. The van der Waals surface area contributed by atoms with E-state index in [-0.39, 0.29) is 43.0 Å². The second kappa shape index (κ2) is 10.1. The number of rotatable bonds is 7. The number of ether oxygens (including phenoxy) is 1. The number of nitrogens with one attached hydrogen (secondary N) is 1. The SMILES string of the molecule is Cc1ccc(NC(=O)N(CC(=O)N2CCc3sccc3[C@H]2COc2ccc(F)cc2)C2CC2)cc1. The lowest BCUT2D eigenvalue weighted by atomic mass is 10.0. The summed E-state index contributed by atoms with van der Waals surface area (Å²) in [5.41, 5.74) is 2.91. The number of aryl methyl sites for hydroxylation is 1. The monoisotopic (exact) mass is 493 g/mol. The fourth-order valence-electron chi connectivity index (χ4n) is 4.40. The average Bonchev–Trinajstić information content (AvgIpc) is 3.58. The summed E-state index contributed by atoms with van der Waals surface area (Å²) >= 11 is 1.68. The molecule has 1 aromatic heterocycles. The molecule has 3 aromatic rings. The maximum Gasteiger partial charge on any atom is 0.322 e. The normalized spacial score (nSPS) is 17.0. The topological polar surface area (TPSA) is 61.9 Å². The molecule has 2 heterocycles. The standard InChI is InChI=1S/C27H28FN3O3S/c1-18-2-6-20(7-3-18)29-27(33)31(21-8-9-21)16-26(32)30-14-12-25-23(13-15-35-25)24(30)17-34-22-10-4-19(28)5-11-22/h2-7,10-11,13,15,21,24H,8-9,12,14,16-17H2,1H3,(H,29,33)/t24-/m1/s1. The van der Waals surface area contributed by atoms with Crippen LogP contribution in [0.4, 0.5) is 14.9 Å². The van der Waals surface area contributed by atoms with Gasteiger partial charge in [0.25, 0.3) is 0 Å². The zero-order valence-corrected chi connectivity index (χ0v) is 20.4. The van der Waals surface area contributed by atoms with Gasteiger partial charge in [0.1, 0.15) is 24.7 Å². The van der Waals surface area contributed by atoms with Crippen molar-refractivity contribution in [3.8, 4) is 5.75 Å². The second-order valence-corrected chi connectivity index (χ2v) is 10.1. The van der Waals surface area contributed by atoms with E-state index in [1.807, 2.05) is 47.5 Å². The zero-order chi connectivity index (χ0) is 24.4. The predicted octanol–water partition coefficient (Wildman–Crippen LogP) is 5.40. The Bertz CT molecular complexity index is 1190. The highest BCUT2D eigenvalue weighted by molar-refractivity contribution is 7.10. The van der Waals surface area contributed by atoms with Crippen molar-refractivity contribution in [1.29, 1.82) is 0 Å². The van der Waals surface area contributed by atoms with Gasteiger partial charge in [-0.15, -0.1) is 11.3 Å². The second-order valence-electron chi connectivity index (χ2n) is 9.07. The molecule has 8 heteroatoms. The lowest BCUT2D eigenvalue weighted by Crippen LogP contribution is -2.49. The lowest BCUT2D eigenvalue weighted by Gasteiger charge is -2.37. The highest BCUT2D eigenvalue weighted by Crippen LogP contribution is 2.35. The first-order valence-corrected chi connectivity index (χ1v) is 12.7. The van der Waals surface area contributed by atoms with Gasteiger partial charge in [0.05, 0.1) is 6.04 Å². The summed E-state index contributed by atoms with van der Waals surface area (Å²) < 4.78 is 19.2. The van der Waals surface area contributed by atoms with Crippen LogP contribution in [-0.4, -0.2) is 47.5 Å². The predicted molar refractivity (Wildman–Crippen MR) is 134 cm³/mol. The number of urea groups is 1. The molecule has 1 N–H and O–H groups in total. The molecular weight excluding hydrogens is 465 g/mol. The van der Waals surface area contributed by atoms with Crippen molar-refractivity contribution in [1.82, 2.24) is 9.80 Å². The van der Waals surface area contributed by atoms with Crippen molar-refractivity contribution in [2.75, 3.05) is 25.0 Å². The van der Waals surface area contributed by atoms with Crippen molar-refractivity contribution in [3.05, 3.63) is 81.8 Å². The summed E-state index contributed by atoms with van der Waals surface area (Å²) in [6.07, 6.45) is 2.59. The Labute approximate surface area is 208 Å². The van der Waals surface area contributed by atoms with Crippen molar-refractivity contribution in [2.45, 2.75) is 38.3 Å². The van der Waals surface area contributed by atoms with Crippen LogP contribution in [0.1, 0.15) is 34.9 Å². The Morgan fingerprint density at radius 3 is 2.57 bits per heavy atom. The molecule has 0 spiro atoms. The molecule has 3 amide bonds. The van der Waals surface area contributed by atoms with Gasteiger partial charge in [0.15, 0.2) is 0 Å². The molecule has 1 saturated carbocycles. The Morgan fingerprint density at radius 1 is 1.11 bits per heavy atom. The number of hydrogen-bond donors (Lipinski definition) is 1. The van der Waals surface area contributed by atoms with Crippen LogP contribution in [0.5, 0.6) is 5.75 Å². The number of amides is 3. The summed E-state index contributed by atoms with van der Waals surface area (Å²) in [4.78, 5) is 31.3. The summed E-state index contributed by atoms with van der Waals surface area (Å²) in [5.74, 6) is 0.134. The fraction of sp³-hybridized carbons (Fsp3) is 0.333. The first-order valence-electron chi connectivity index (χ1n) is 11.9. The van der Waals surface area contributed by atoms with Crippen molar-refractivity contribution in [2.24, 2.45) is 0 Å². The maximum atomic E-state index is 13.5. The largest absolute Gasteiger partial charge is 0.491 e. The van der Waals surface area contributed by atoms with E-state index in [2.05, 4.69) is 5.32 Å². The number of halogens is 1. The molecule has 1 fully saturated rings. The van der Waals surface area contributed by atoms with E-state index in [0.29, 0.717) is 18.0 Å². The molecule has 5 rings (SSSR count). The van der Waals surface area contributed by atoms with E-state index >= 15 is 0 Å². The van der Waals surface area contributed by atoms with Gasteiger partial charge in [-0.05, 0) is 79.6 Å². The Morgan fingerprint density at radius 2 is 1.86 bits per heavy atom. The first kappa shape index (κ1) is 23.4. The molecule has 0 unspecified atom stereocenters. The van der Waals surface area contributed by atoms with Crippen molar-refractivity contribution in [3.63, 3.8) is 0 Å². The highest BCUT2D eigenvalue weighted by atomic mass is 32.1. The van der Waals surface area contributed by atoms with E-state index in [4.69, 9.17) is 4.74 Å². The molecule has 2 aliphatic rings. The summed E-state index contributed by atoms with van der Waals surface area (Å²) in [5, 5.41) is 4.97. The minimum atomic E-state index is -0.323. The quantitative estimate of drug-likeness (QED) is 0.480. The van der Waals surface area contributed by atoms with Crippen LogP contribution in [0.2, 0.25) is 0 Å². The smallest absolute Gasteiger partial charge is 0.322 e. The Kier molecular flexibility index (Phi) is 6.72. The Balaban J connectivity index is 1.29. The molecule has 1 aliphatic heterocycles. The zero-order valence-electron chi connectivity index (χ0n) is 19.6. The Hall–Kier alpha value is -3.39. The molecule has 182 valence electrons. The third-order valence-corrected chi connectivity index (χ3v) is 7.49. The summed E-state index contributed by atoms with van der Waals surface area (Å²) in [6, 6.07) is 15.1. The number of benzene rings is 2. The number of carbonyl (C=O) groups is 2. The van der Waals surface area contributed by atoms with Crippen LogP contribution in [-0.2, 0) is 11.2 Å². The molecule has 0 saturated heterocycles. The summed E-state index contributed by atoms with van der Waals surface area (Å²) in [6.45, 7) is 2.85. The molecule has 35 heavy (non-hydrogen) atoms. The van der Waals surface area contributed by atoms with Crippen molar-refractivity contribution < 1.29 is 18.7 Å². The van der Waals surface area contributed by atoms with Crippen LogP contribution in [0.25, 0.3) is 0 Å². The van der Waals surface area contributed by atoms with Gasteiger partial charge in [0.2, 0.25) is 5.91 Å². The van der Waals surface area contributed by atoms with Crippen LogP contribution >= 0.6 is 11.3 Å². The number of hydrogen-bond acceptors (Lipinski definition) is 4. The van der Waals surface area contributed by atoms with Crippen molar-refractivity contribution >= 4 is 29.0 Å². The van der Waals surface area contributed by atoms with E-state index in [1.54, 1.807) is 28.4 Å². The van der Waals surface area contributed by atoms with Crippen LogP contribution in [0, 0.1) is 12.7 Å². The number of anilines is 1. The highest BCUT2D eigenvalue weighted by Gasteiger charge is 2.38. The van der Waals surface area contributed by atoms with E-state index in [0.717, 1.165) is 30.4 Å². The number of carbonyl (C=O) groups excluding carboxylic acids is 2. The molecule has 0 bridgehead atoms. The van der Waals surface area contributed by atoms with E-state index in [1.165, 1.54) is 17.0 Å². The van der Waals surface area contributed by atoms with E-state index in [9.17, 15) is 14.0 Å². The van der Waals surface area contributed by atoms with Gasteiger partial charge in [-0.25, -0.2) is 9.18 Å². The molecule has 2 aromatic carbocycles. The van der Waals surface area contributed by atoms with Gasteiger partial charge < -0.3 is 19.9 Å². The molecule has 1 aliphatic carbocycles. The van der Waals surface area contributed by atoms with Gasteiger partial charge in [0, 0.05) is 23.2 Å². The van der Waals surface area contributed by atoms with Gasteiger partial charge in [-0.2, -0.15) is 0 Å². The fourth-order valence-corrected chi connectivity index (χ4v) is 5.33. The molecular formula is C27H28FN3O3S. The van der Waals surface area contributed by atoms with Gasteiger partial charge >= 0.3 is 6.03 Å². The first-order chi connectivity index (χ1) is 17.0. The maximum absolute atomic E-state index is 13.5. The number of fused-ring (bicyclic) bond motifs is 1. The third kappa shape index (κ3) is 5.48. The van der Waals surface area contributed by atoms with E-state index < -0.39 is 0 Å². The summed E-state index contributed by atoms with van der Waals surface area (Å²) in [7, 11) is 0. The molecule has 6 nitrogen and oxygen atoms in total. The van der Waals surface area contributed by atoms with Crippen LogP contribution in [0.15, 0.2) is 60.0 Å². The van der Waals surface area contributed by atoms with Gasteiger partial charge in [-0.1, -0.05) is 17.7 Å². The molecule has 0 radical (unpaired) electrons. The van der Waals surface area contributed by atoms with Crippen LogP contribution < -0.4 is 10.1 Å². The van der Waals surface area contributed by atoms with Gasteiger partial charge in [-0.3, -0.25) is 4.79 Å². The minimum Gasteiger partial charge on any atom is -0.491 e. The third-order valence-electron chi connectivity index (χ3n) is 6.49. The number of thiophene rings is 1.